The Bertz CT molecular complexity index is 840. The minimum absolute atomic E-state index is 0.212. The molecule has 8 heteroatoms. The second-order valence-electron chi connectivity index (χ2n) is 6.41. The molecule has 0 bridgehead atoms. The molecule has 138 valence electrons. The van der Waals surface area contributed by atoms with Gasteiger partial charge in [0.15, 0.2) is 5.79 Å². The lowest BCUT2D eigenvalue weighted by molar-refractivity contribution is -0.169. The number of ether oxygens (including phenoxy) is 2. The van der Waals surface area contributed by atoms with E-state index in [1.807, 2.05) is 6.07 Å². The van der Waals surface area contributed by atoms with Gasteiger partial charge in [0.2, 0.25) is 0 Å². The van der Waals surface area contributed by atoms with Crippen LogP contribution in [0.15, 0.2) is 53.6 Å². The molecular formula is C18H21N3O4S. The van der Waals surface area contributed by atoms with Crippen LogP contribution in [-0.2, 0) is 19.5 Å². The van der Waals surface area contributed by atoms with Crippen LogP contribution in [0.3, 0.4) is 0 Å². The summed E-state index contributed by atoms with van der Waals surface area (Å²) in [5.74, 6) is -0.108. The molecule has 26 heavy (non-hydrogen) atoms. The average molecular weight is 375 g/mol. The number of hydrogen-bond acceptors (Lipinski definition) is 6. The normalized spacial score (nSPS) is 19.6. The first-order valence-corrected chi connectivity index (χ1v) is 10.1. The molecule has 2 aromatic rings. The molecule has 0 unspecified atom stereocenters. The summed E-state index contributed by atoms with van der Waals surface area (Å²) < 4.78 is 38.7. The average Bonchev–Trinajstić information content (AvgIpc) is 3.12. The van der Waals surface area contributed by atoms with E-state index in [9.17, 15) is 8.42 Å². The number of benzene rings is 1. The van der Waals surface area contributed by atoms with Gasteiger partial charge in [-0.15, -0.1) is 0 Å². The molecule has 2 aliphatic rings. The fourth-order valence-electron chi connectivity index (χ4n) is 3.32. The molecule has 1 aromatic heterocycles. The highest BCUT2D eigenvalue weighted by Gasteiger charge is 2.39. The van der Waals surface area contributed by atoms with Crippen LogP contribution >= 0.6 is 0 Å². The van der Waals surface area contributed by atoms with Gasteiger partial charge in [-0.1, -0.05) is 18.2 Å². The van der Waals surface area contributed by atoms with Crippen LogP contribution in [0, 0.1) is 0 Å². The zero-order valence-corrected chi connectivity index (χ0v) is 15.1. The maximum absolute atomic E-state index is 12.3. The van der Waals surface area contributed by atoms with Crippen LogP contribution in [0.4, 0.5) is 11.5 Å². The Kier molecular flexibility index (Phi) is 4.56. The molecule has 4 rings (SSSR count). The molecule has 2 saturated heterocycles. The number of sulfonamides is 1. The van der Waals surface area contributed by atoms with Gasteiger partial charge in [0, 0.05) is 25.9 Å². The number of piperidine rings is 1. The van der Waals surface area contributed by atoms with Crippen LogP contribution in [0.2, 0.25) is 0 Å². The largest absolute Gasteiger partial charge is 0.370 e. The van der Waals surface area contributed by atoms with Gasteiger partial charge in [-0.2, -0.15) is 0 Å². The Morgan fingerprint density at radius 3 is 2.31 bits per heavy atom. The van der Waals surface area contributed by atoms with Crippen molar-refractivity contribution in [1.82, 2.24) is 4.98 Å². The summed E-state index contributed by atoms with van der Waals surface area (Å²) in [4.78, 5) is 6.68. The first-order valence-electron chi connectivity index (χ1n) is 8.63. The van der Waals surface area contributed by atoms with Crippen molar-refractivity contribution in [2.75, 3.05) is 35.9 Å². The maximum Gasteiger partial charge on any atom is 0.263 e. The van der Waals surface area contributed by atoms with Crippen molar-refractivity contribution in [3.63, 3.8) is 0 Å². The summed E-state index contributed by atoms with van der Waals surface area (Å²) in [7, 11) is -3.63. The third-order valence-corrected chi connectivity index (χ3v) is 6.11. The molecular weight excluding hydrogens is 354 g/mol. The maximum atomic E-state index is 12.3. The lowest BCUT2D eigenvalue weighted by Crippen LogP contribution is -2.45. The highest BCUT2D eigenvalue weighted by molar-refractivity contribution is 7.92. The molecule has 0 atom stereocenters. The van der Waals surface area contributed by atoms with Crippen molar-refractivity contribution in [1.29, 1.82) is 0 Å². The molecule has 1 aromatic carbocycles. The zero-order chi connectivity index (χ0) is 18.0. The van der Waals surface area contributed by atoms with E-state index >= 15 is 0 Å². The summed E-state index contributed by atoms with van der Waals surface area (Å²) in [5, 5.41) is 0. The number of nitrogens with zero attached hydrogens (tertiary/aromatic N) is 2. The number of hydrogen-bond donors (Lipinski definition) is 1. The number of pyridine rings is 1. The fourth-order valence-corrected chi connectivity index (χ4v) is 4.35. The topological polar surface area (TPSA) is 80.8 Å². The van der Waals surface area contributed by atoms with Crippen LogP contribution in [-0.4, -0.2) is 45.5 Å². The van der Waals surface area contributed by atoms with Crippen molar-refractivity contribution >= 4 is 21.5 Å². The third-order valence-electron chi connectivity index (χ3n) is 4.74. The summed E-state index contributed by atoms with van der Waals surface area (Å²) in [6.07, 6.45) is 3.32. The number of nitrogens with one attached hydrogen (secondary N) is 1. The minimum Gasteiger partial charge on any atom is -0.370 e. The van der Waals surface area contributed by atoms with Crippen molar-refractivity contribution in [3.05, 3.63) is 48.7 Å². The highest BCUT2D eigenvalue weighted by atomic mass is 32.2. The monoisotopic (exact) mass is 375 g/mol. The number of rotatable bonds is 4. The Labute approximate surface area is 153 Å². The smallest absolute Gasteiger partial charge is 0.263 e. The van der Waals surface area contributed by atoms with Crippen molar-refractivity contribution in [2.24, 2.45) is 0 Å². The van der Waals surface area contributed by atoms with Gasteiger partial charge in [-0.3, -0.25) is 4.72 Å². The van der Waals surface area contributed by atoms with E-state index in [4.69, 9.17) is 9.47 Å². The summed E-state index contributed by atoms with van der Waals surface area (Å²) in [5.41, 5.74) is 0.959. The second kappa shape index (κ2) is 6.86. The van der Waals surface area contributed by atoms with E-state index in [1.165, 1.54) is 0 Å². The van der Waals surface area contributed by atoms with Crippen LogP contribution in [0.5, 0.6) is 0 Å². The first-order chi connectivity index (χ1) is 12.6. The zero-order valence-electron chi connectivity index (χ0n) is 14.3. The van der Waals surface area contributed by atoms with Crippen LogP contribution in [0.1, 0.15) is 12.8 Å². The Morgan fingerprint density at radius 2 is 1.69 bits per heavy atom. The standard InChI is InChI=1S/C18H21N3O4S/c22-26(23,16-4-2-1-3-5-16)20-17-7-6-15(14-19-17)21-10-8-18(9-11-21)24-12-13-25-18/h1-7,14H,8-13H2,(H,19,20). The second-order valence-corrected chi connectivity index (χ2v) is 8.10. The molecule has 0 amide bonds. The summed E-state index contributed by atoms with van der Waals surface area (Å²) >= 11 is 0. The summed E-state index contributed by atoms with van der Waals surface area (Å²) in [6, 6.07) is 11.8. The van der Waals surface area contributed by atoms with E-state index in [0.29, 0.717) is 19.0 Å². The van der Waals surface area contributed by atoms with E-state index in [0.717, 1.165) is 31.6 Å². The molecule has 0 saturated carbocycles. The SMILES string of the molecule is O=S(=O)(Nc1ccc(N2CCC3(CC2)OCCO3)cn1)c1ccccc1. The van der Waals surface area contributed by atoms with Crippen LogP contribution < -0.4 is 9.62 Å². The third kappa shape index (κ3) is 3.53. The van der Waals surface area contributed by atoms with E-state index in [2.05, 4.69) is 14.6 Å². The van der Waals surface area contributed by atoms with E-state index < -0.39 is 15.8 Å². The number of aromatic nitrogens is 1. The van der Waals surface area contributed by atoms with E-state index in [1.54, 1.807) is 42.6 Å². The van der Waals surface area contributed by atoms with Gasteiger partial charge in [-0.25, -0.2) is 13.4 Å². The van der Waals surface area contributed by atoms with Crippen molar-refractivity contribution in [3.8, 4) is 0 Å². The molecule has 2 fully saturated rings. The van der Waals surface area contributed by atoms with Gasteiger partial charge in [0.1, 0.15) is 5.82 Å². The fraction of sp³-hybridized carbons (Fsp3) is 0.389. The van der Waals surface area contributed by atoms with Gasteiger partial charge < -0.3 is 14.4 Å². The van der Waals surface area contributed by atoms with Gasteiger partial charge in [0.05, 0.1) is 30.0 Å². The predicted octanol–water partition coefficient (Wildman–Crippen LogP) is 2.23. The molecule has 2 aliphatic heterocycles. The molecule has 7 nitrogen and oxygen atoms in total. The Hall–Kier alpha value is -2.16. The lowest BCUT2D eigenvalue weighted by atomic mass is 10.0. The molecule has 0 aliphatic carbocycles. The lowest BCUT2D eigenvalue weighted by Gasteiger charge is -2.38. The summed E-state index contributed by atoms with van der Waals surface area (Å²) in [6.45, 7) is 2.96. The van der Waals surface area contributed by atoms with Crippen molar-refractivity contribution < 1.29 is 17.9 Å². The molecule has 3 heterocycles. The molecule has 1 N–H and O–H groups in total. The first kappa shape index (κ1) is 17.3. The van der Waals surface area contributed by atoms with Crippen molar-refractivity contribution in [2.45, 2.75) is 23.5 Å². The number of anilines is 2. The quantitative estimate of drug-likeness (QED) is 0.883. The highest BCUT2D eigenvalue weighted by Crippen LogP contribution is 2.33. The predicted molar refractivity (Wildman–Crippen MR) is 97.6 cm³/mol. The van der Waals surface area contributed by atoms with E-state index in [-0.39, 0.29) is 4.90 Å². The Balaban J connectivity index is 1.41. The van der Waals surface area contributed by atoms with Gasteiger partial charge >= 0.3 is 0 Å². The molecule has 1 spiro atoms. The minimum atomic E-state index is -3.63. The Morgan fingerprint density at radius 1 is 1.00 bits per heavy atom. The van der Waals surface area contributed by atoms with Gasteiger partial charge in [-0.05, 0) is 24.3 Å². The van der Waals surface area contributed by atoms with Crippen LogP contribution in [0.25, 0.3) is 0 Å². The molecule has 0 radical (unpaired) electrons. The van der Waals surface area contributed by atoms with Gasteiger partial charge in [0.25, 0.3) is 10.0 Å².